The third-order valence-electron chi connectivity index (χ3n) is 9.52. The van der Waals surface area contributed by atoms with Crippen molar-refractivity contribution in [3.63, 3.8) is 0 Å². The monoisotopic (exact) mass is 591 g/mol. The number of rotatable bonds is 8. The van der Waals surface area contributed by atoms with Gasteiger partial charge in [0.15, 0.2) is 0 Å². The molecule has 4 atom stereocenters. The van der Waals surface area contributed by atoms with Gasteiger partial charge in [-0.15, -0.1) is 5.10 Å². The number of aliphatic carboxylic acids is 1. The van der Waals surface area contributed by atoms with Gasteiger partial charge in [0, 0.05) is 43.7 Å². The Bertz CT molecular complexity index is 1400. The maximum atomic E-state index is 14.4. The molecule has 1 aromatic carbocycles. The predicted octanol–water partition coefficient (Wildman–Crippen LogP) is 3.92. The minimum absolute atomic E-state index is 0.00708. The lowest BCUT2D eigenvalue weighted by molar-refractivity contribution is -0.159. The summed E-state index contributed by atoms with van der Waals surface area (Å²) in [5, 5.41) is 18.1. The van der Waals surface area contributed by atoms with E-state index >= 15 is 0 Å². The Morgan fingerprint density at radius 3 is 2.76 bits per heavy atom. The van der Waals surface area contributed by atoms with Gasteiger partial charge in [-0.3, -0.25) is 14.4 Å². The number of amides is 2. The molecule has 0 spiro atoms. The molecule has 3 unspecified atom stereocenters. The van der Waals surface area contributed by atoms with E-state index in [9.17, 15) is 28.3 Å². The summed E-state index contributed by atoms with van der Waals surface area (Å²) < 4.78 is 34.4. The lowest BCUT2D eigenvalue weighted by Gasteiger charge is -2.44. The van der Waals surface area contributed by atoms with E-state index in [1.54, 1.807) is 21.9 Å². The highest BCUT2D eigenvalue weighted by Crippen LogP contribution is 2.59. The number of hydrogen-bond donors (Lipinski definition) is 1. The van der Waals surface area contributed by atoms with Crippen LogP contribution in [0, 0.1) is 17.3 Å². The van der Waals surface area contributed by atoms with Crippen LogP contribution in [0.25, 0.3) is 0 Å². The number of carboxylic acid groups (broad SMARTS) is 1. The van der Waals surface area contributed by atoms with Crippen molar-refractivity contribution in [2.75, 3.05) is 19.6 Å². The normalized spacial score (nSPS) is 27.1. The van der Waals surface area contributed by atoms with Crippen LogP contribution in [-0.2, 0) is 34.5 Å². The summed E-state index contributed by atoms with van der Waals surface area (Å²) in [4.78, 5) is 42.9. The van der Waals surface area contributed by atoms with Crippen molar-refractivity contribution in [3.05, 3.63) is 39.7 Å². The number of carbonyl (C=O) groups is 3. The molecule has 220 valence electrons. The number of ether oxygens (including phenoxy) is 1. The molecule has 2 saturated carbocycles. The second-order valence-corrected chi connectivity index (χ2v) is 12.1. The average Bonchev–Trinajstić information content (AvgIpc) is 3.72. The molecule has 2 aliphatic heterocycles. The number of aryl methyl sites for hydroxylation is 1. The number of nitrogens with zero attached hydrogens (tertiary/aromatic N) is 5. The summed E-state index contributed by atoms with van der Waals surface area (Å²) in [6.07, 6.45) is 1.12. The molecule has 1 saturated heterocycles. The number of carbonyl (C=O) groups excluding carboxylic acids is 2. The first kappa shape index (κ1) is 27.9. The van der Waals surface area contributed by atoms with E-state index in [4.69, 9.17) is 16.3 Å². The van der Waals surface area contributed by atoms with Crippen molar-refractivity contribution < 1.29 is 33.0 Å². The fourth-order valence-corrected chi connectivity index (χ4v) is 7.85. The summed E-state index contributed by atoms with van der Waals surface area (Å²) in [5.41, 5.74) is 0.0513. The molecular formula is C28H32ClF2N5O5. The van der Waals surface area contributed by atoms with E-state index in [0.29, 0.717) is 68.0 Å². The first-order chi connectivity index (χ1) is 19.6. The van der Waals surface area contributed by atoms with Gasteiger partial charge in [-0.1, -0.05) is 16.8 Å². The van der Waals surface area contributed by atoms with Crippen molar-refractivity contribution in [2.24, 2.45) is 24.3 Å². The van der Waals surface area contributed by atoms with Crippen molar-refractivity contribution >= 4 is 29.4 Å². The van der Waals surface area contributed by atoms with E-state index in [2.05, 4.69) is 10.3 Å². The van der Waals surface area contributed by atoms with Crippen LogP contribution in [0.5, 0.6) is 5.75 Å². The zero-order chi connectivity index (χ0) is 29.1. The molecular weight excluding hydrogens is 560 g/mol. The molecule has 3 heterocycles. The molecule has 1 aromatic heterocycles. The van der Waals surface area contributed by atoms with Crippen LogP contribution in [0.1, 0.15) is 73.5 Å². The summed E-state index contributed by atoms with van der Waals surface area (Å²) in [6, 6.07) is 2.68. The molecule has 10 nitrogen and oxygen atoms in total. The summed E-state index contributed by atoms with van der Waals surface area (Å²) >= 11 is 6.65. The van der Waals surface area contributed by atoms with Gasteiger partial charge in [-0.25, -0.2) is 13.5 Å². The van der Waals surface area contributed by atoms with E-state index in [0.717, 1.165) is 16.7 Å². The van der Waals surface area contributed by atoms with E-state index in [1.165, 1.54) is 7.05 Å². The molecule has 13 heteroatoms. The molecule has 2 aromatic rings. The maximum Gasteiger partial charge on any atom is 0.307 e. The molecule has 6 rings (SSSR count). The number of aromatic nitrogens is 3. The molecule has 2 amide bonds. The number of likely N-dealkylation sites (tertiary alicyclic amines) is 1. The number of carboxylic acids is 1. The molecule has 2 aliphatic carbocycles. The molecule has 41 heavy (non-hydrogen) atoms. The van der Waals surface area contributed by atoms with Crippen LogP contribution < -0.4 is 4.74 Å². The van der Waals surface area contributed by atoms with Crippen LogP contribution in [0.2, 0.25) is 5.02 Å². The Morgan fingerprint density at radius 1 is 1.27 bits per heavy atom. The quantitative estimate of drug-likeness (QED) is 0.494. The van der Waals surface area contributed by atoms with Gasteiger partial charge in [0.1, 0.15) is 23.7 Å². The predicted molar refractivity (Wildman–Crippen MR) is 141 cm³/mol. The highest BCUT2D eigenvalue weighted by Gasteiger charge is 2.61. The Morgan fingerprint density at radius 2 is 2.07 bits per heavy atom. The third-order valence-corrected chi connectivity index (χ3v) is 9.88. The largest absolute Gasteiger partial charge is 0.487 e. The standard InChI is InChI=1S/C28H32ClF2N5O5/c1-34-24(25(30)31)19(32-33-34)14-41-21-5-4-18(29)16-7-10-36(20(23(16)21)13-35-9-2-3-22(35)37)27(40)28-8-6-15(12-28)11-17(28)26(38)39/h4-5,15,17,20,25H,2-3,6-14H2,1H3,(H,38,39)/t15?,17?,20-,28?/m1/s1. The van der Waals surface area contributed by atoms with Crippen LogP contribution >= 0.6 is 11.6 Å². The molecule has 0 radical (unpaired) electrons. The summed E-state index contributed by atoms with van der Waals surface area (Å²) in [7, 11) is 1.38. The van der Waals surface area contributed by atoms with Gasteiger partial charge in [-0.2, -0.15) is 0 Å². The topological polar surface area (TPSA) is 118 Å². The Balaban J connectivity index is 1.39. The van der Waals surface area contributed by atoms with E-state index in [1.807, 2.05) is 0 Å². The number of fused-ring (bicyclic) bond motifs is 3. The van der Waals surface area contributed by atoms with Gasteiger partial charge in [0.2, 0.25) is 11.8 Å². The van der Waals surface area contributed by atoms with Gasteiger partial charge in [-0.05, 0) is 62.1 Å². The van der Waals surface area contributed by atoms with Gasteiger partial charge < -0.3 is 19.6 Å². The lowest BCUT2D eigenvalue weighted by atomic mass is 9.73. The molecule has 3 fully saturated rings. The van der Waals surface area contributed by atoms with Crippen molar-refractivity contribution in [1.82, 2.24) is 24.8 Å². The van der Waals surface area contributed by atoms with Crippen molar-refractivity contribution in [2.45, 2.75) is 64.0 Å². The third kappa shape index (κ3) is 4.64. The van der Waals surface area contributed by atoms with Gasteiger partial charge >= 0.3 is 5.97 Å². The first-order valence-electron chi connectivity index (χ1n) is 14.0. The number of alkyl halides is 2. The Hall–Kier alpha value is -3.28. The van der Waals surface area contributed by atoms with Crippen LogP contribution in [-0.4, -0.2) is 67.3 Å². The fourth-order valence-electron chi connectivity index (χ4n) is 7.59. The number of hydrogen-bond acceptors (Lipinski definition) is 6. The van der Waals surface area contributed by atoms with Gasteiger partial charge in [0.05, 0.1) is 17.4 Å². The van der Waals surface area contributed by atoms with Crippen LogP contribution in [0.15, 0.2) is 12.1 Å². The number of benzene rings is 1. The second-order valence-electron chi connectivity index (χ2n) is 11.7. The minimum Gasteiger partial charge on any atom is -0.487 e. The van der Waals surface area contributed by atoms with Crippen molar-refractivity contribution in [1.29, 1.82) is 0 Å². The minimum atomic E-state index is -2.79. The maximum absolute atomic E-state index is 14.4. The summed E-state index contributed by atoms with van der Waals surface area (Å²) in [5.74, 6) is -1.35. The SMILES string of the molecule is Cn1nnc(COc2ccc(Cl)c3c2[C@@H](CN2CCCC2=O)N(C(=O)C24CCC(CC2C(=O)O)C4)CC3)c1C(F)F. The Labute approximate surface area is 240 Å². The van der Waals surface area contributed by atoms with Crippen molar-refractivity contribution in [3.8, 4) is 5.75 Å². The van der Waals surface area contributed by atoms with E-state index < -0.39 is 29.8 Å². The average molecular weight is 592 g/mol. The van der Waals surface area contributed by atoms with E-state index in [-0.39, 0.29) is 42.3 Å². The second kappa shape index (κ2) is 10.5. The highest BCUT2D eigenvalue weighted by atomic mass is 35.5. The zero-order valence-electron chi connectivity index (χ0n) is 22.7. The van der Waals surface area contributed by atoms with Crippen LogP contribution in [0.4, 0.5) is 8.78 Å². The number of halogens is 3. The molecule has 4 aliphatic rings. The highest BCUT2D eigenvalue weighted by molar-refractivity contribution is 6.31. The zero-order valence-corrected chi connectivity index (χ0v) is 23.4. The molecule has 1 N–H and O–H groups in total. The Kier molecular flexibility index (Phi) is 7.15. The van der Waals surface area contributed by atoms with Crippen LogP contribution in [0.3, 0.4) is 0 Å². The van der Waals surface area contributed by atoms with Gasteiger partial charge in [0.25, 0.3) is 6.43 Å². The lowest BCUT2D eigenvalue weighted by Crippen LogP contribution is -2.53. The fraction of sp³-hybridized carbons (Fsp3) is 0.607. The smallest absolute Gasteiger partial charge is 0.307 e. The first-order valence-corrected chi connectivity index (χ1v) is 14.4. The summed E-state index contributed by atoms with van der Waals surface area (Å²) in [6.45, 7) is 0.794. The molecule has 2 bridgehead atoms.